The second-order valence-corrected chi connectivity index (χ2v) is 5.49. The topological polar surface area (TPSA) is 107 Å². The van der Waals surface area contributed by atoms with E-state index in [-0.39, 0.29) is 11.4 Å². The second-order valence-electron chi connectivity index (χ2n) is 3.73. The lowest BCUT2D eigenvalue weighted by Gasteiger charge is -2.09. The van der Waals surface area contributed by atoms with E-state index in [1.165, 1.54) is 31.2 Å². The highest BCUT2D eigenvalue weighted by atomic mass is 32.2. The first-order valence-corrected chi connectivity index (χ1v) is 6.58. The Morgan fingerprint density at radius 3 is 2.44 bits per heavy atom. The Labute approximate surface area is 105 Å². The molecule has 0 amide bonds. The lowest BCUT2D eigenvalue weighted by atomic mass is 10.2. The van der Waals surface area contributed by atoms with Gasteiger partial charge >= 0.3 is 5.97 Å². The van der Waals surface area contributed by atoms with Crippen LogP contribution < -0.4 is 4.72 Å². The summed E-state index contributed by atoms with van der Waals surface area (Å²) in [5, 5.41) is 17.2. The van der Waals surface area contributed by atoms with Crippen LogP contribution in [0.2, 0.25) is 0 Å². The summed E-state index contributed by atoms with van der Waals surface area (Å²) >= 11 is 0. The molecule has 0 fully saturated rings. The zero-order chi connectivity index (χ0) is 13.8. The maximum absolute atomic E-state index is 11.8. The number of sulfonamides is 1. The number of nitriles is 1. The fourth-order valence-corrected chi connectivity index (χ4v) is 2.24. The van der Waals surface area contributed by atoms with Crippen molar-refractivity contribution in [2.45, 2.75) is 11.8 Å². The maximum atomic E-state index is 11.8. The van der Waals surface area contributed by atoms with Gasteiger partial charge in [-0.3, -0.25) is 4.79 Å². The van der Waals surface area contributed by atoms with E-state index >= 15 is 0 Å². The standard InChI is InChI=1S/C11H12N2O4S/c1-8(11(14)15)7-13-18(16,17)10-4-2-9(6-12)3-5-10/h2-5,8,13H,7H2,1H3,(H,14,15). The van der Waals surface area contributed by atoms with Crippen molar-refractivity contribution < 1.29 is 18.3 Å². The molecule has 18 heavy (non-hydrogen) atoms. The molecule has 0 aliphatic heterocycles. The van der Waals surface area contributed by atoms with Crippen molar-refractivity contribution in [2.24, 2.45) is 5.92 Å². The number of nitrogens with zero attached hydrogens (tertiary/aromatic N) is 1. The summed E-state index contributed by atoms with van der Waals surface area (Å²) in [6, 6.07) is 7.24. The molecule has 1 aromatic rings. The molecule has 2 N–H and O–H groups in total. The van der Waals surface area contributed by atoms with Crippen molar-refractivity contribution in [1.29, 1.82) is 5.26 Å². The van der Waals surface area contributed by atoms with Crippen LogP contribution in [-0.2, 0) is 14.8 Å². The number of benzene rings is 1. The summed E-state index contributed by atoms with van der Waals surface area (Å²) in [5.41, 5.74) is 0.354. The molecule has 1 aromatic carbocycles. The molecular formula is C11H12N2O4S. The molecule has 0 radical (unpaired) electrons. The van der Waals surface area contributed by atoms with Crippen molar-refractivity contribution in [3.63, 3.8) is 0 Å². The largest absolute Gasteiger partial charge is 0.481 e. The van der Waals surface area contributed by atoms with Crippen LogP contribution in [0.15, 0.2) is 29.2 Å². The summed E-state index contributed by atoms with van der Waals surface area (Å²) in [4.78, 5) is 10.6. The van der Waals surface area contributed by atoms with Crippen LogP contribution in [-0.4, -0.2) is 26.0 Å². The van der Waals surface area contributed by atoms with Gasteiger partial charge in [-0.1, -0.05) is 6.92 Å². The van der Waals surface area contributed by atoms with Crippen LogP contribution in [0.5, 0.6) is 0 Å². The minimum absolute atomic E-state index is 0.000844. The van der Waals surface area contributed by atoms with Crippen LogP contribution >= 0.6 is 0 Å². The fraction of sp³-hybridized carbons (Fsp3) is 0.273. The zero-order valence-electron chi connectivity index (χ0n) is 9.62. The van der Waals surface area contributed by atoms with E-state index in [9.17, 15) is 13.2 Å². The molecule has 96 valence electrons. The molecule has 0 bridgehead atoms. The van der Waals surface area contributed by atoms with Gasteiger partial charge in [-0.25, -0.2) is 13.1 Å². The van der Waals surface area contributed by atoms with Gasteiger partial charge in [0.1, 0.15) is 0 Å². The van der Waals surface area contributed by atoms with Crippen molar-refractivity contribution >= 4 is 16.0 Å². The Kier molecular flexibility index (Phi) is 4.42. The van der Waals surface area contributed by atoms with Gasteiger partial charge < -0.3 is 5.11 Å². The fourth-order valence-electron chi connectivity index (χ4n) is 1.11. The summed E-state index contributed by atoms with van der Waals surface area (Å²) < 4.78 is 25.7. The van der Waals surface area contributed by atoms with Gasteiger partial charge in [0.05, 0.1) is 22.4 Å². The molecule has 0 aromatic heterocycles. The molecule has 0 aliphatic carbocycles. The maximum Gasteiger partial charge on any atom is 0.307 e. The molecule has 1 rings (SSSR count). The number of hydrogen-bond acceptors (Lipinski definition) is 4. The average molecular weight is 268 g/mol. The number of carboxylic acid groups (broad SMARTS) is 1. The normalized spacial score (nSPS) is 12.7. The Hall–Kier alpha value is -1.91. The van der Waals surface area contributed by atoms with E-state index in [4.69, 9.17) is 10.4 Å². The lowest BCUT2D eigenvalue weighted by Crippen LogP contribution is -2.31. The first kappa shape index (κ1) is 14.2. The number of nitrogens with one attached hydrogen (secondary N) is 1. The molecule has 0 saturated carbocycles. The van der Waals surface area contributed by atoms with Gasteiger partial charge in [0, 0.05) is 6.54 Å². The first-order valence-electron chi connectivity index (χ1n) is 5.09. The van der Waals surface area contributed by atoms with Crippen LogP contribution in [0.25, 0.3) is 0 Å². The molecular weight excluding hydrogens is 256 g/mol. The van der Waals surface area contributed by atoms with Gasteiger partial charge in [0.2, 0.25) is 10.0 Å². The molecule has 1 unspecified atom stereocenters. The highest BCUT2D eigenvalue weighted by Gasteiger charge is 2.17. The number of carbonyl (C=O) groups is 1. The highest BCUT2D eigenvalue weighted by Crippen LogP contribution is 2.10. The third-order valence-electron chi connectivity index (χ3n) is 2.29. The Bertz CT molecular complexity index is 572. The van der Waals surface area contributed by atoms with Gasteiger partial charge in [-0.15, -0.1) is 0 Å². The van der Waals surface area contributed by atoms with Crippen molar-refractivity contribution in [1.82, 2.24) is 4.72 Å². The van der Waals surface area contributed by atoms with Crippen LogP contribution in [0, 0.1) is 17.2 Å². The summed E-state index contributed by atoms with van der Waals surface area (Å²) in [7, 11) is -3.74. The average Bonchev–Trinajstić information content (AvgIpc) is 2.36. The van der Waals surface area contributed by atoms with Gasteiger partial charge in [0.15, 0.2) is 0 Å². The predicted octanol–water partition coefficient (Wildman–Crippen LogP) is 0.557. The van der Waals surface area contributed by atoms with E-state index in [1.807, 2.05) is 6.07 Å². The minimum atomic E-state index is -3.74. The van der Waals surface area contributed by atoms with E-state index in [0.717, 1.165) is 0 Å². The van der Waals surface area contributed by atoms with Crippen molar-refractivity contribution in [3.8, 4) is 6.07 Å². The predicted molar refractivity (Wildman–Crippen MR) is 63.1 cm³/mol. The molecule has 0 saturated heterocycles. The zero-order valence-corrected chi connectivity index (χ0v) is 10.4. The Morgan fingerprint density at radius 1 is 1.44 bits per heavy atom. The third-order valence-corrected chi connectivity index (χ3v) is 3.73. The number of carboxylic acids is 1. The van der Waals surface area contributed by atoms with Crippen LogP contribution in [0.3, 0.4) is 0 Å². The number of rotatable bonds is 5. The first-order chi connectivity index (χ1) is 8.36. The van der Waals surface area contributed by atoms with Crippen molar-refractivity contribution in [2.75, 3.05) is 6.54 Å². The van der Waals surface area contributed by atoms with E-state index in [2.05, 4.69) is 4.72 Å². The summed E-state index contributed by atoms with van der Waals surface area (Å²) in [6.07, 6.45) is 0. The molecule has 0 aliphatic rings. The number of aliphatic carboxylic acids is 1. The quantitative estimate of drug-likeness (QED) is 0.811. The van der Waals surface area contributed by atoms with E-state index in [1.54, 1.807) is 0 Å². The van der Waals surface area contributed by atoms with E-state index in [0.29, 0.717) is 5.56 Å². The van der Waals surface area contributed by atoms with Crippen LogP contribution in [0.4, 0.5) is 0 Å². The monoisotopic (exact) mass is 268 g/mol. The summed E-state index contributed by atoms with van der Waals surface area (Å²) in [5.74, 6) is -1.88. The van der Waals surface area contributed by atoms with Crippen LogP contribution in [0.1, 0.15) is 12.5 Å². The third kappa shape index (κ3) is 3.55. The lowest BCUT2D eigenvalue weighted by molar-refractivity contribution is -0.140. The number of hydrogen-bond donors (Lipinski definition) is 2. The molecule has 1 atom stereocenters. The van der Waals surface area contributed by atoms with Gasteiger partial charge in [-0.05, 0) is 24.3 Å². The molecule has 7 heteroatoms. The molecule has 0 heterocycles. The van der Waals surface area contributed by atoms with Gasteiger partial charge in [-0.2, -0.15) is 5.26 Å². The minimum Gasteiger partial charge on any atom is -0.481 e. The smallest absolute Gasteiger partial charge is 0.307 e. The Morgan fingerprint density at radius 2 is 2.00 bits per heavy atom. The molecule has 0 spiro atoms. The molecule has 6 nitrogen and oxygen atoms in total. The van der Waals surface area contributed by atoms with Crippen molar-refractivity contribution in [3.05, 3.63) is 29.8 Å². The summed E-state index contributed by atoms with van der Waals surface area (Å²) in [6.45, 7) is 1.22. The second kappa shape index (κ2) is 5.62. The highest BCUT2D eigenvalue weighted by molar-refractivity contribution is 7.89. The van der Waals surface area contributed by atoms with E-state index < -0.39 is 21.9 Å². The van der Waals surface area contributed by atoms with Gasteiger partial charge in [0.25, 0.3) is 0 Å². The Balaban J connectivity index is 2.80. The SMILES string of the molecule is CC(CNS(=O)(=O)c1ccc(C#N)cc1)C(=O)O.